The maximum atomic E-state index is 12.2. The first-order chi connectivity index (χ1) is 8.46. The van der Waals surface area contributed by atoms with E-state index in [0.717, 1.165) is 0 Å². The maximum absolute atomic E-state index is 12.2. The number of hydrogen-bond donors (Lipinski definition) is 0. The van der Waals surface area contributed by atoms with Crippen LogP contribution in [-0.2, 0) is 0 Å². The van der Waals surface area contributed by atoms with E-state index >= 15 is 0 Å². The van der Waals surface area contributed by atoms with Gasteiger partial charge in [-0.15, -0.1) is 0 Å². The van der Waals surface area contributed by atoms with Crippen molar-refractivity contribution in [3.8, 4) is 17.2 Å². The van der Waals surface area contributed by atoms with Crippen LogP contribution >= 0.6 is 0 Å². The van der Waals surface area contributed by atoms with Gasteiger partial charge >= 0.3 is 0 Å². The monoisotopic (exact) mass is 250 g/mol. The lowest BCUT2D eigenvalue weighted by atomic mass is 9.87. The third-order valence-corrected chi connectivity index (χ3v) is 3.04. The van der Waals surface area contributed by atoms with Gasteiger partial charge in [0.2, 0.25) is 0 Å². The molecule has 0 unspecified atom stereocenters. The van der Waals surface area contributed by atoms with Crippen LogP contribution in [0, 0.1) is 5.41 Å². The summed E-state index contributed by atoms with van der Waals surface area (Å²) in [4.78, 5) is 12.2. The van der Waals surface area contributed by atoms with Crippen LogP contribution in [0.25, 0.3) is 0 Å². The number of carbonyl (C=O) groups excluding carboxylic acids is 1. The van der Waals surface area contributed by atoms with Gasteiger partial charge in [0.25, 0.3) is 0 Å². The molecule has 0 amide bonds. The maximum Gasteiger partial charge on any atom is 0.167 e. The summed E-state index contributed by atoms with van der Waals surface area (Å²) in [6, 6.07) is 3.41. The SMILES string of the molecule is COc1cc2c(cc1OC)C(=O)CC(C)(C)CO2. The van der Waals surface area contributed by atoms with Gasteiger partial charge in [0.1, 0.15) is 5.75 Å². The van der Waals surface area contributed by atoms with Crippen molar-refractivity contribution in [3.05, 3.63) is 17.7 Å². The minimum atomic E-state index is -0.156. The van der Waals surface area contributed by atoms with Crippen LogP contribution in [-0.4, -0.2) is 26.6 Å². The summed E-state index contributed by atoms with van der Waals surface area (Å²) in [6.07, 6.45) is 0.468. The zero-order valence-corrected chi connectivity index (χ0v) is 11.2. The Labute approximate surface area is 107 Å². The van der Waals surface area contributed by atoms with Crippen molar-refractivity contribution in [2.24, 2.45) is 5.41 Å². The molecule has 18 heavy (non-hydrogen) atoms. The standard InChI is InChI=1S/C14H18O4/c1-14(2)7-10(15)9-5-12(16-3)13(17-4)6-11(9)18-8-14/h5-6H,7-8H2,1-4H3. The molecule has 0 spiro atoms. The summed E-state index contributed by atoms with van der Waals surface area (Å²) >= 11 is 0. The molecule has 1 aliphatic heterocycles. The van der Waals surface area contributed by atoms with Crippen molar-refractivity contribution >= 4 is 5.78 Å². The number of methoxy groups -OCH3 is 2. The second kappa shape index (κ2) is 4.52. The van der Waals surface area contributed by atoms with Gasteiger partial charge in [-0.1, -0.05) is 13.8 Å². The highest BCUT2D eigenvalue weighted by atomic mass is 16.5. The van der Waals surface area contributed by atoms with E-state index in [1.54, 1.807) is 26.4 Å². The number of rotatable bonds is 2. The topological polar surface area (TPSA) is 44.8 Å². The third kappa shape index (κ3) is 2.28. The predicted molar refractivity (Wildman–Crippen MR) is 67.8 cm³/mol. The molecule has 0 aliphatic carbocycles. The smallest absolute Gasteiger partial charge is 0.167 e. The lowest BCUT2D eigenvalue weighted by molar-refractivity contribution is 0.0917. The molecule has 2 rings (SSSR count). The number of hydrogen-bond acceptors (Lipinski definition) is 4. The van der Waals surface area contributed by atoms with E-state index in [2.05, 4.69) is 0 Å². The summed E-state index contributed by atoms with van der Waals surface area (Å²) in [5, 5.41) is 0. The zero-order valence-electron chi connectivity index (χ0n) is 11.2. The van der Waals surface area contributed by atoms with Gasteiger partial charge in [-0.2, -0.15) is 0 Å². The Hall–Kier alpha value is -1.71. The summed E-state index contributed by atoms with van der Waals surface area (Å²) in [7, 11) is 3.11. The fourth-order valence-corrected chi connectivity index (χ4v) is 2.05. The van der Waals surface area contributed by atoms with Crippen molar-refractivity contribution < 1.29 is 19.0 Å². The Morgan fingerprint density at radius 2 is 1.78 bits per heavy atom. The van der Waals surface area contributed by atoms with Crippen molar-refractivity contribution in [2.75, 3.05) is 20.8 Å². The van der Waals surface area contributed by atoms with Crippen LogP contribution in [0.3, 0.4) is 0 Å². The lowest BCUT2D eigenvalue weighted by Gasteiger charge is -2.20. The Bertz CT molecular complexity index is 477. The Morgan fingerprint density at radius 1 is 1.17 bits per heavy atom. The lowest BCUT2D eigenvalue weighted by Crippen LogP contribution is -2.21. The van der Waals surface area contributed by atoms with Gasteiger partial charge in [0.05, 0.1) is 26.4 Å². The molecule has 1 aromatic carbocycles. The average Bonchev–Trinajstić information content (AvgIpc) is 2.44. The van der Waals surface area contributed by atoms with Gasteiger partial charge in [-0.05, 0) is 6.07 Å². The van der Waals surface area contributed by atoms with Gasteiger partial charge in [-0.25, -0.2) is 0 Å². The van der Waals surface area contributed by atoms with Gasteiger partial charge < -0.3 is 14.2 Å². The predicted octanol–water partition coefficient (Wildman–Crippen LogP) is 2.70. The molecule has 0 saturated carbocycles. The molecule has 1 aromatic rings. The van der Waals surface area contributed by atoms with E-state index < -0.39 is 0 Å². The van der Waals surface area contributed by atoms with Gasteiger partial charge in [0, 0.05) is 17.9 Å². The van der Waals surface area contributed by atoms with Gasteiger partial charge in [0.15, 0.2) is 17.3 Å². The Kier molecular flexibility index (Phi) is 3.20. The minimum Gasteiger partial charge on any atom is -0.493 e. The van der Waals surface area contributed by atoms with Gasteiger partial charge in [-0.3, -0.25) is 4.79 Å². The summed E-state index contributed by atoms with van der Waals surface area (Å²) in [6.45, 7) is 4.55. The van der Waals surface area contributed by atoms with E-state index in [1.807, 2.05) is 13.8 Å². The number of carbonyl (C=O) groups is 1. The first-order valence-corrected chi connectivity index (χ1v) is 5.89. The molecule has 0 saturated heterocycles. The molecule has 0 atom stereocenters. The highest BCUT2D eigenvalue weighted by molar-refractivity contribution is 6.00. The molecule has 98 valence electrons. The number of ether oxygens (including phenoxy) is 3. The zero-order chi connectivity index (χ0) is 13.3. The molecule has 0 fully saturated rings. The van der Waals surface area contributed by atoms with E-state index in [-0.39, 0.29) is 11.2 Å². The van der Waals surface area contributed by atoms with Crippen LogP contribution in [0.15, 0.2) is 12.1 Å². The fraction of sp³-hybridized carbons (Fsp3) is 0.500. The first-order valence-electron chi connectivity index (χ1n) is 5.89. The van der Waals surface area contributed by atoms with Crippen molar-refractivity contribution in [2.45, 2.75) is 20.3 Å². The Balaban J connectivity index is 2.49. The van der Waals surface area contributed by atoms with Crippen LogP contribution in [0.4, 0.5) is 0 Å². The van der Waals surface area contributed by atoms with Crippen molar-refractivity contribution in [3.63, 3.8) is 0 Å². The number of fused-ring (bicyclic) bond motifs is 1. The minimum absolute atomic E-state index is 0.0773. The van der Waals surface area contributed by atoms with E-state index in [1.165, 1.54) is 0 Å². The summed E-state index contributed by atoms with van der Waals surface area (Å²) in [5.41, 5.74) is 0.412. The molecule has 1 aliphatic rings. The van der Waals surface area contributed by atoms with Crippen molar-refractivity contribution in [1.29, 1.82) is 0 Å². The average molecular weight is 250 g/mol. The second-order valence-electron chi connectivity index (χ2n) is 5.26. The molecule has 0 bridgehead atoms. The first kappa shape index (κ1) is 12.7. The van der Waals surface area contributed by atoms with Crippen molar-refractivity contribution in [1.82, 2.24) is 0 Å². The molecule has 4 heteroatoms. The Morgan fingerprint density at radius 3 is 2.39 bits per heavy atom. The second-order valence-corrected chi connectivity index (χ2v) is 5.26. The normalized spacial score (nSPS) is 17.4. The summed E-state index contributed by atoms with van der Waals surface area (Å²) in [5.74, 6) is 1.77. The van der Waals surface area contributed by atoms with Crippen LogP contribution in [0.5, 0.6) is 17.2 Å². The number of Topliss-reactive ketones (excluding diaryl/α,β-unsaturated/α-hetero) is 1. The highest BCUT2D eigenvalue weighted by Crippen LogP contribution is 2.39. The molecule has 0 radical (unpaired) electrons. The number of ketones is 1. The third-order valence-electron chi connectivity index (χ3n) is 3.04. The van der Waals surface area contributed by atoms with E-state index in [9.17, 15) is 4.79 Å². The molecule has 0 N–H and O–H groups in total. The fourth-order valence-electron chi connectivity index (χ4n) is 2.05. The van der Waals surface area contributed by atoms with Crippen LogP contribution in [0.1, 0.15) is 30.6 Å². The molecular weight excluding hydrogens is 232 g/mol. The molecular formula is C14H18O4. The highest BCUT2D eigenvalue weighted by Gasteiger charge is 2.30. The largest absolute Gasteiger partial charge is 0.493 e. The summed E-state index contributed by atoms with van der Waals surface area (Å²) < 4.78 is 16.1. The van der Waals surface area contributed by atoms with E-state index in [4.69, 9.17) is 14.2 Å². The molecule has 1 heterocycles. The number of benzene rings is 1. The van der Waals surface area contributed by atoms with Crippen LogP contribution < -0.4 is 14.2 Å². The molecule has 0 aromatic heterocycles. The molecule has 4 nitrogen and oxygen atoms in total. The van der Waals surface area contributed by atoms with E-state index in [0.29, 0.717) is 35.8 Å². The van der Waals surface area contributed by atoms with Crippen LogP contribution in [0.2, 0.25) is 0 Å². The quantitative estimate of drug-likeness (QED) is 0.809.